The van der Waals surface area contributed by atoms with Crippen molar-refractivity contribution >= 4 is 10.9 Å². The number of nitrogens with two attached hydrogens (primary N) is 1. The first kappa shape index (κ1) is 26.3. The lowest BCUT2D eigenvalue weighted by molar-refractivity contribution is 0.0304. The summed E-state index contributed by atoms with van der Waals surface area (Å²) < 4.78 is 15.8. The molecule has 1 saturated heterocycles. The maximum atomic E-state index is 14.6. The molecule has 0 aliphatic carbocycles. The fraction of sp³-hybridized carbons (Fsp3) is 0.310. The van der Waals surface area contributed by atoms with Gasteiger partial charge in [0.15, 0.2) is 5.82 Å². The average Bonchev–Trinajstić information content (AvgIpc) is 2.89. The SMILES string of the molecule is C=C/C(NCc1ccc2ccc(-c3ccn(C)c(=O)c3F)cc2n1)=C(\C=C/C)N1CC(C)[C@@H](O)C(N)C1. The van der Waals surface area contributed by atoms with E-state index in [9.17, 15) is 14.3 Å². The quantitative estimate of drug-likeness (QED) is 0.428. The zero-order valence-corrected chi connectivity index (χ0v) is 21.5. The Hall–Kier alpha value is -3.75. The Morgan fingerprint density at radius 2 is 2.05 bits per heavy atom. The number of likely N-dealkylation sites (tertiary alicyclic amines) is 1. The predicted octanol–water partition coefficient (Wildman–Crippen LogP) is 3.44. The van der Waals surface area contributed by atoms with Crippen molar-refractivity contribution in [3.8, 4) is 11.1 Å². The van der Waals surface area contributed by atoms with E-state index in [0.717, 1.165) is 22.5 Å². The van der Waals surface area contributed by atoms with Crippen LogP contribution in [0.4, 0.5) is 4.39 Å². The number of halogens is 1. The number of hydrogen-bond donors (Lipinski definition) is 3. The van der Waals surface area contributed by atoms with Crippen LogP contribution in [0.2, 0.25) is 0 Å². The molecule has 194 valence electrons. The number of nitrogens with one attached hydrogen (secondary N) is 1. The number of rotatable bonds is 7. The van der Waals surface area contributed by atoms with Crippen LogP contribution in [0, 0.1) is 11.7 Å². The van der Waals surface area contributed by atoms with E-state index in [1.165, 1.54) is 11.6 Å². The number of piperidine rings is 1. The number of aromatic nitrogens is 2. The van der Waals surface area contributed by atoms with Crippen molar-refractivity contribution in [1.29, 1.82) is 0 Å². The molecule has 3 atom stereocenters. The molecule has 0 saturated carbocycles. The second-order valence-electron chi connectivity index (χ2n) is 9.56. The van der Waals surface area contributed by atoms with Gasteiger partial charge in [0.05, 0.1) is 35.3 Å². The molecule has 3 aromatic rings. The molecule has 3 heterocycles. The summed E-state index contributed by atoms with van der Waals surface area (Å²) >= 11 is 0. The van der Waals surface area contributed by atoms with Crippen molar-refractivity contribution in [3.63, 3.8) is 0 Å². The van der Waals surface area contributed by atoms with Crippen molar-refractivity contribution in [2.75, 3.05) is 13.1 Å². The van der Waals surface area contributed by atoms with Gasteiger partial charge < -0.3 is 25.6 Å². The molecular formula is C29H34FN5O2. The first-order valence-corrected chi connectivity index (χ1v) is 12.4. The number of aliphatic hydroxyl groups excluding tert-OH is 1. The zero-order valence-electron chi connectivity index (χ0n) is 21.5. The van der Waals surface area contributed by atoms with Crippen LogP contribution in [-0.4, -0.2) is 44.8 Å². The number of pyridine rings is 2. The second-order valence-corrected chi connectivity index (χ2v) is 9.56. The third-order valence-electron chi connectivity index (χ3n) is 6.84. The van der Waals surface area contributed by atoms with Gasteiger partial charge >= 0.3 is 0 Å². The highest BCUT2D eigenvalue weighted by Crippen LogP contribution is 2.25. The van der Waals surface area contributed by atoms with E-state index in [-0.39, 0.29) is 17.5 Å². The Bertz CT molecular complexity index is 1420. The first-order valence-electron chi connectivity index (χ1n) is 12.4. The first-order chi connectivity index (χ1) is 17.7. The van der Waals surface area contributed by atoms with E-state index in [2.05, 4.69) is 16.8 Å². The molecule has 1 fully saturated rings. The van der Waals surface area contributed by atoms with Gasteiger partial charge in [-0.15, -0.1) is 0 Å². The summed E-state index contributed by atoms with van der Waals surface area (Å²) in [6, 6.07) is 10.7. The maximum absolute atomic E-state index is 14.6. The van der Waals surface area contributed by atoms with E-state index in [4.69, 9.17) is 10.7 Å². The Balaban J connectivity index is 1.61. The number of hydrogen-bond acceptors (Lipinski definition) is 6. The predicted molar refractivity (Wildman–Crippen MR) is 146 cm³/mol. The Labute approximate surface area is 216 Å². The standard InChI is InChI=1S/C29H34FN5O2/c1-5-7-26(35-16-18(3)28(36)23(31)17-35)24(6-2)32-15-21-11-10-19-8-9-20(14-25(19)33-21)22-12-13-34(4)29(37)27(22)30/h5-14,18,23,28,32,36H,2,15-17,31H2,1,3-4H3/b7-5-,26-24-/t18?,23?,28-/m1/s1. The van der Waals surface area contributed by atoms with Crippen LogP contribution in [0.1, 0.15) is 19.5 Å². The highest BCUT2D eigenvalue weighted by atomic mass is 19.1. The van der Waals surface area contributed by atoms with E-state index in [0.29, 0.717) is 30.7 Å². The Kier molecular flexibility index (Phi) is 7.90. The topological polar surface area (TPSA) is 96.4 Å². The van der Waals surface area contributed by atoms with Gasteiger partial charge in [-0.05, 0) is 42.8 Å². The van der Waals surface area contributed by atoms with Crippen LogP contribution < -0.4 is 16.6 Å². The minimum absolute atomic E-state index is 0.0427. The summed E-state index contributed by atoms with van der Waals surface area (Å²) in [5.41, 5.74) is 9.68. The maximum Gasteiger partial charge on any atom is 0.286 e. The van der Waals surface area contributed by atoms with Crippen LogP contribution in [0.3, 0.4) is 0 Å². The van der Waals surface area contributed by atoms with Crippen LogP contribution in [-0.2, 0) is 13.6 Å². The summed E-state index contributed by atoms with van der Waals surface area (Å²) in [4.78, 5) is 19.0. The van der Waals surface area contributed by atoms with Crippen molar-refractivity contribution in [3.05, 3.63) is 101 Å². The number of fused-ring (bicyclic) bond motifs is 1. The fourth-order valence-corrected chi connectivity index (χ4v) is 4.73. The molecule has 1 aromatic carbocycles. The lowest BCUT2D eigenvalue weighted by atomic mass is 9.92. The summed E-state index contributed by atoms with van der Waals surface area (Å²) in [5.74, 6) is -0.736. The number of allylic oxidation sites excluding steroid dienone is 3. The van der Waals surface area contributed by atoms with Gasteiger partial charge in [0.25, 0.3) is 5.56 Å². The van der Waals surface area contributed by atoms with Crippen molar-refractivity contribution in [2.45, 2.75) is 32.5 Å². The van der Waals surface area contributed by atoms with Crippen LogP contribution in [0.15, 0.2) is 83.6 Å². The minimum atomic E-state index is -0.779. The van der Waals surface area contributed by atoms with Crippen LogP contribution >= 0.6 is 0 Å². The second kappa shape index (κ2) is 11.1. The van der Waals surface area contributed by atoms with Gasteiger partial charge in [0, 0.05) is 49.2 Å². The van der Waals surface area contributed by atoms with Crippen molar-refractivity contribution < 1.29 is 9.50 Å². The molecule has 0 radical (unpaired) electrons. The summed E-state index contributed by atoms with van der Waals surface area (Å²) in [6.45, 7) is 9.62. The molecule has 2 unspecified atom stereocenters. The molecule has 7 nitrogen and oxygen atoms in total. The zero-order chi connectivity index (χ0) is 26.7. The summed E-state index contributed by atoms with van der Waals surface area (Å²) in [6.07, 6.45) is 6.78. The average molecular weight is 504 g/mol. The van der Waals surface area contributed by atoms with E-state index >= 15 is 0 Å². The molecule has 1 aliphatic heterocycles. The van der Waals surface area contributed by atoms with Crippen molar-refractivity contribution in [1.82, 2.24) is 19.8 Å². The molecule has 0 spiro atoms. The molecule has 0 bridgehead atoms. The van der Waals surface area contributed by atoms with E-state index in [1.54, 1.807) is 30.5 Å². The molecule has 37 heavy (non-hydrogen) atoms. The Morgan fingerprint density at radius 3 is 2.76 bits per heavy atom. The fourth-order valence-electron chi connectivity index (χ4n) is 4.73. The summed E-state index contributed by atoms with van der Waals surface area (Å²) in [5, 5.41) is 14.6. The highest BCUT2D eigenvalue weighted by Gasteiger charge is 2.31. The Morgan fingerprint density at radius 1 is 1.30 bits per heavy atom. The number of nitrogens with zero attached hydrogens (tertiary/aromatic N) is 3. The third-order valence-corrected chi connectivity index (χ3v) is 6.84. The van der Waals surface area contributed by atoms with E-state index < -0.39 is 17.5 Å². The minimum Gasteiger partial charge on any atom is -0.391 e. The number of aryl methyl sites for hydroxylation is 1. The van der Waals surface area contributed by atoms with E-state index in [1.807, 2.05) is 44.2 Å². The van der Waals surface area contributed by atoms with Gasteiger partial charge in [-0.3, -0.25) is 9.78 Å². The third kappa shape index (κ3) is 5.50. The largest absolute Gasteiger partial charge is 0.391 e. The smallest absolute Gasteiger partial charge is 0.286 e. The van der Waals surface area contributed by atoms with Gasteiger partial charge in [-0.25, -0.2) is 4.39 Å². The van der Waals surface area contributed by atoms with Gasteiger partial charge in [0.1, 0.15) is 0 Å². The number of aliphatic hydroxyl groups is 1. The van der Waals surface area contributed by atoms with Crippen LogP contribution in [0.25, 0.3) is 22.0 Å². The normalized spacial score (nSPS) is 20.8. The van der Waals surface area contributed by atoms with Gasteiger partial charge in [-0.2, -0.15) is 0 Å². The lowest BCUT2D eigenvalue weighted by Crippen LogP contribution is -2.55. The molecule has 0 amide bonds. The van der Waals surface area contributed by atoms with Gasteiger partial charge in [-0.1, -0.05) is 37.8 Å². The monoisotopic (exact) mass is 503 g/mol. The van der Waals surface area contributed by atoms with Gasteiger partial charge in [0.2, 0.25) is 0 Å². The number of benzene rings is 1. The highest BCUT2D eigenvalue weighted by molar-refractivity contribution is 5.84. The molecule has 4 rings (SSSR count). The molecule has 1 aliphatic rings. The summed E-state index contributed by atoms with van der Waals surface area (Å²) in [7, 11) is 1.52. The lowest BCUT2D eigenvalue weighted by Gasteiger charge is -2.41. The molecular weight excluding hydrogens is 469 g/mol. The molecule has 4 N–H and O–H groups in total. The molecule has 2 aromatic heterocycles. The molecule has 8 heteroatoms. The van der Waals surface area contributed by atoms with Crippen molar-refractivity contribution in [2.24, 2.45) is 18.7 Å². The van der Waals surface area contributed by atoms with Crippen LogP contribution in [0.5, 0.6) is 0 Å².